The average molecular weight is 491 g/mol. The molecule has 1 aliphatic heterocycles. The second-order valence-electron chi connectivity index (χ2n) is 7.12. The first-order chi connectivity index (χ1) is 16.3. The highest BCUT2D eigenvalue weighted by Crippen LogP contribution is 2.22. The summed E-state index contributed by atoms with van der Waals surface area (Å²) in [6.07, 6.45) is 1.40. The minimum atomic E-state index is -3.65. The molecule has 0 atom stereocenters. The van der Waals surface area contributed by atoms with Gasteiger partial charge in [0.15, 0.2) is 0 Å². The quantitative estimate of drug-likeness (QED) is 0.388. The number of carbonyl (C=O) groups excluding carboxylic acids is 2. The molecule has 0 radical (unpaired) electrons. The largest absolute Gasteiger partial charge is 0.497 e. The van der Waals surface area contributed by atoms with Crippen molar-refractivity contribution in [1.82, 2.24) is 15.0 Å². The van der Waals surface area contributed by atoms with Gasteiger partial charge in [0.2, 0.25) is 10.0 Å². The molecule has 0 unspecified atom stereocenters. The van der Waals surface area contributed by atoms with Gasteiger partial charge in [0.1, 0.15) is 11.5 Å². The lowest BCUT2D eigenvalue weighted by atomic mass is 10.2. The van der Waals surface area contributed by atoms with Crippen LogP contribution < -0.4 is 20.2 Å². The maximum Gasteiger partial charge on any atom is 0.259 e. The third-order valence-electron chi connectivity index (χ3n) is 4.96. The van der Waals surface area contributed by atoms with Crippen molar-refractivity contribution in [2.75, 3.05) is 47.1 Å². The van der Waals surface area contributed by atoms with Crippen molar-refractivity contribution in [2.45, 2.75) is 4.90 Å². The van der Waals surface area contributed by atoms with Gasteiger partial charge in [0, 0.05) is 24.2 Å². The van der Waals surface area contributed by atoms with Gasteiger partial charge in [-0.25, -0.2) is 13.8 Å². The summed E-state index contributed by atoms with van der Waals surface area (Å²) in [6.45, 7) is 0.941. The van der Waals surface area contributed by atoms with Crippen molar-refractivity contribution in [3.05, 3.63) is 53.6 Å². The van der Waals surface area contributed by atoms with Crippen LogP contribution >= 0.6 is 0 Å². The summed E-state index contributed by atoms with van der Waals surface area (Å²) in [5, 5.41) is 6.33. The van der Waals surface area contributed by atoms with Crippen LogP contribution in [0.2, 0.25) is 0 Å². The molecule has 12 heteroatoms. The van der Waals surface area contributed by atoms with E-state index in [1.807, 2.05) is 0 Å². The van der Waals surface area contributed by atoms with Gasteiger partial charge in [-0.15, -0.1) is 0 Å². The fourth-order valence-corrected chi connectivity index (χ4v) is 4.54. The Morgan fingerprint density at radius 2 is 1.79 bits per heavy atom. The Bertz CT molecular complexity index is 1140. The Morgan fingerprint density at radius 3 is 2.44 bits per heavy atom. The van der Waals surface area contributed by atoms with Crippen LogP contribution in [0.5, 0.6) is 11.5 Å². The van der Waals surface area contributed by atoms with E-state index in [2.05, 4.69) is 15.8 Å². The molecule has 0 aliphatic carbocycles. The Kier molecular flexibility index (Phi) is 8.57. The van der Waals surface area contributed by atoms with Crippen molar-refractivity contribution < 1.29 is 32.2 Å². The molecular weight excluding hydrogens is 464 g/mol. The highest BCUT2D eigenvalue weighted by atomic mass is 32.2. The minimum Gasteiger partial charge on any atom is -0.497 e. The van der Waals surface area contributed by atoms with Gasteiger partial charge >= 0.3 is 0 Å². The molecule has 0 saturated carbocycles. The third-order valence-corrected chi connectivity index (χ3v) is 6.88. The zero-order valence-electron chi connectivity index (χ0n) is 18.8. The molecule has 2 amide bonds. The van der Waals surface area contributed by atoms with E-state index in [9.17, 15) is 18.0 Å². The Morgan fingerprint density at radius 1 is 1.09 bits per heavy atom. The minimum absolute atomic E-state index is 0.0889. The van der Waals surface area contributed by atoms with E-state index in [0.717, 1.165) is 0 Å². The summed E-state index contributed by atoms with van der Waals surface area (Å²) in [5.41, 5.74) is 3.13. The standard InChI is InChI=1S/C22H26N4O7S/c1-31-18-5-8-20(32-2)17(13-18)14-24-25-21(27)15-23-22(28)16-3-6-19(7-4-16)34(29,30)26-9-11-33-12-10-26/h3-8,13-14H,9-12,15H2,1-2H3,(H,23,28)(H,25,27). The smallest absolute Gasteiger partial charge is 0.259 e. The molecule has 3 rings (SSSR count). The first-order valence-electron chi connectivity index (χ1n) is 10.3. The number of carbonyl (C=O) groups is 2. The zero-order chi connectivity index (χ0) is 24.6. The Balaban J connectivity index is 1.52. The van der Waals surface area contributed by atoms with E-state index >= 15 is 0 Å². The fourth-order valence-electron chi connectivity index (χ4n) is 3.13. The van der Waals surface area contributed by atoms with E-state index in [0.29, 0.717) is 30.3 Å². The lowest BCUT2D eigenvalue weighted by Crippen LogP contribution is -2.40. The van der Waals surface area contributed by atoms with Crippen LogP contribution in [0, 0.1) is 0 Å². The monoisotopic (exact) mass is 490 g/mol. The maximum atomic E-state index is 12.7. The van der Waals surface area contributed by atoms with E-state index < -0.39 is 21.8 Å². The van der Waals surface area contributed by atoms with E-state index in [-0.39, 0.29) is 30.1 Å². The van der Waals surface area contributed by atoms with Crippen LogP contribution in [0.15, 0.2) is 52.5 Å². The van der Waals surface area contributed by atoms with Crippen LogP contribution in [0.3, 0.4) is 0 Å². The number of benzene rings is 2. The number of hydrogen-bond acceptors (Lipinski definition) is 8. The number of nitrogens with zero attached hydrogens (tertiary/aromatic N) is 2. The van der Waals surface area contributed by atoms with Crippen LogP contribution in [0.25, 0.3) is 0 Å². The number of ether oxygens (including phenoxy) is 3. The zero-order valence-corrected chi connectivity index (χ0v) is 19.6. The molecule has 0 bridgehead atoms. The summed E-state index contributed by atoms with van der Waals surface area (Å²) in [4.78, 5) is 24.4. The van der Waals surface area contributed by atoms with Crippen molar-refractivity contribution in [3.8, 4) is 11.5 Å². The van der Waals surface area contributed by atoms with Crippen LogP contribution in [-0.2, 0) is 19.6 Å². The maximum absolute atomic E-state index is 12.7. The topological polar surface area (TPSA) is 136 Å². The van der Waals surface area contributed by atoms with Crippen LogP contribution in [0.4, 0.5) is 0 Å². The summed E-state index contributed by atoms with van der Waals surface area (Å²) < 4.78 is 42.2. The summed E-state index contributed by atoms with van der Waals surface area (Å²) in [7, 11) is -0.605. The van der Waals surface area contributed by atoms with Gasteiger partial charge in [0.05, 0.1) is 45.1 Å². The summed E-state index contributed by atoms with van der Waals surface area (Å²) in [5.74, 6) is 0.0812. The SMILES string of the molecule is COc1ccc(OC)c(C=NNC(=O)CNC(=O)c2ccc(S(=O)(=O)N3CCOCC3)cc2)c1. The van der Waals surface area contributed by atoms with Crippen molar-refractivity contribution in [2.24, 2.45) is 5.10 Å². The van der Waals surface area contributed by atoms with Gasteiger partial charge < -0.3 is 19.5 Å². The predicted octanol–water partition coefficient (Wildman–Crippen LogP) is 0.605. The molecule has 1 heterocycles. The molecule has 1 fully saturated rings. The first kappa shape index (κ1) is 25.1. The lowest BCUT2D eigenvalue weighted by Gasteiger charge is -2.26. The second-order valence-corrected chi connectivity index (χ2v) is 9.06. The van der Waals surface area contributed by atoms with Crippen molar-refractivity contribution >= 4 is 28.1 Å². The molecule has 182 valence electrons. The van der Waals surface area contributed by atoms with Gasteiger partial charge in [0.25, 0.3) is 11.8 Å². The van der Waals surface area contributed by atoms with E-state index in [1.165, 1.54) is 49.0 Å². The highest BCUT2D eigenvalue weighted by Gasteiger charge is 2.26. The molecule has 11 nitrogen and oxygen atoms in total. The van der Waals surface area contributed by atoms with Crippen molar-refractivity contribution in [3.63, 3.8) is 0 Å². The number of rotatable bonds is 9. The van der Waals surface area contributed by atoms with Crippen LogP contribution in [-0.4, -0.2) is 77.8 Å². The van der Waals surface area contributed by atoms with E-state index in [4.69, 9.17) is 14.2 Å². The number of hydrogen-bond donors (Lipinski definition) is 2. The molecule has 2 N–H and O–H groups in total. The van der Waals surface area contributed by atoms with Crippen LogP contribution in [0.1, 0.15) is 15.9 Å². The molecule has 1 aliphatic rings. The third kappa shape index (κ3) is 6.31. The predicted molar refractivity (Wildman–Crippen MR) is 124 cm³/mol. The van der Waals surface area contributed by atoms with Gasteiger partial charge in [-0.1, -0.05) is 0 Å². The molecule has 34 heavy (non-hydrogen) atoms. The van der Waals surface area contributed by atoms with Gasteiger partial charge in [-0.3, -0.25) is 9.59 Å². The molecule has 1 saturated heterocycles. The number of morpholine rings is 1. The number of nitrogens with one attached hydrogen (secondary N) is 2. The molecule has 2 aromatic carbocycles. The van der Waals surface area contributed by atoms with Gasteiger partial charge in [-0.2, -0.15) is 9.41 Å². The van der Waals surface area contributed by atoms with Crippen molar-refractivity contribution in [1.29, 1.82) is 0 Å². The molecular formula is C22H26N4O7S. The summed E-state index contributed by atoms with van der Waals surface area (Å²) >= 11 is 0. The summed E-state index contributed by atoms with van der Waals surface area (Å²) in [6, 6.07) is 10.7. The van der Waals surface area contributed by atoms with Gasteiger partial charge in [-0.05, 0) is 42.5 Å². The average Bonchev–Trinajstić information content (AvgIpc) is 2.87. The number of amides is 2. The lowest BCUT2D eigenvalue weighted by molar-refractivity contribution is -0.120. The molecule has 2 aromatic rings. The Labute approximate surface area is 197 Å². The number of sulfonamides is 1. The fraction of sp³-hybridized carbons (Fsp3) is 0.318. The first-order valence-corrected chi connectivity index (χ1v) is 11.8. The normalized spacial score (nSPS) is 14.5. The molecule has 0 spiro atoms. The highest BCUT2D eigenvalue weighted by molar-refractivity contribution is 7.89. The number of hydrazone groups is 1. The Hall–Kier alpha value is -3.48. The molecule has 0 aromatic heterocycles. The number of methoxy groups -OCH3 is 2. The second kappa shape index (κ2) is 11.6. The van der Waals surface area contributed by atoms with E-state index in [1.54, 1.807) is 18.2 Å².